The maximum atomic E-state index is 12.3. The molecule has 3 nitrogen and oxygen atoms in total. The van der Waals surface area contributed by atoms with Gasteiger partial charge < -0.3 is 0 Å². The maximum absolute atomic E-state index is 12.3. The number of nitrogens with zero attached hydrogens (tertiary/aromatic N) is 1. The standard InChI is InChI=1S/C17H24N2O/c1-13-11-15-9-5-6-10-16(15)19(13)18-17(20)12-14-7-3-2-4-8-14/h5-6,9-10,13-14H,2-4,7-8,11-12H2,1H3,(H,18,20)/t13-/m1/s1. The predicted molar refractivity (Wildman–Crippen MR) is 81.4 cm³/mol. The van der Waals surface area contributed by atoms with Gasteiger partial charge in [0.25, 0.3) is 0 Å². The van der Waals surface area contributed by atoms with Gasteiger partial charge in [-0.05, 0) is 43.7 Å². The Morgan fingerprint density at radius 2 is 2.00 bits per heavy atom. The van der Waals surface area contributed by atoms with Crippen LogP contribution in [0.2, 0.25) is 0 Å². The van der Waals surface area contributed by atoms with Gasteiger partial charge in [-0.2, -0.15) is 0 Å². The van der Waals surface area contributed by atoms with Crippen LogP contribution in [0.3, 0.4) is 0 Å². The van der Waals surface area contributed by atoms with E-state index in [0.717, 1.165) is 12.1 Å². The summed E-state index contributed by atoms with van der Waals surface area (Å²) in [6, 6.07) is 8.71. The molecule has 1 aliphatic carbocycles. The van der Waals surface area contributed by atoms with Gasteiger partial charge >= 0.3 is 0 Å². The number of carbonyl (C=O) groups excluding carboxylic acids is 1. The SMILES string of the molecule is C[C@@H]1Cc2ccccc2N1NC(=O)CC1CCCCC1. The molecule has 1 N–H and O–H groups in total. The van der Waals surface area contributed by atoms with Crippen molar-refractivity contribution in [3.63, 3.8) is 0 Å². The first-order valence-corrected chi connectivity index (χ1v) is 7.90. The summed E-state index contributed by atoms with van der Waals surface area (Å²) in [6.45, 7) is 2.17. The van der Waals surface area contributed by atoms with Crippen molar-refractivity contribution in [2.45, 2.75) is 57.9 Å². The highest BCUT2D eigenvalue weighted by atomic mass is 16.2. The van der Waals surface area contributed by atoms with E-state index >= 15 is 0 Å². The van der Waals surface area contributed by atoms with Crippen LogP contribution in [0.25, 0.3) is 0 Å². The van der Waals surface area contributed by atoms with Crippen molar-refractivity contribution in [3.8, 4) is 0 Å². The number of amides is 1. The molecule has 20 heavy (non-hydrogen) atoms. The molecule has 1 aromatic rings. The highest BCUT2D eigenvalue weighted by Crippen LogP contribution is 2.31. The van der Waals surface area contributed by atoms with Crippen molar-refractivity contribution in [3.05, 3.63) is 29.8 Å². The topological polar surface area (TPSA) is 32.3 Å². The Labute approximate surface area is 121 Å². The third kappa shape index (κ3) is 2.82. The van der Waals surface area contributed by atoms with Crippen molar-refractivity contribution in [2.75, 3.05) is 5.01 Å². The first-order valence-electron chi connectivity index (χ1n) is 7.90. The fourth-order valence-electron chi connectivity index (χ4n) is 3.57. The van der Waals surface area contributed by atoms with Gasteiger partial charge in [-0.15, -0.1) is 0 Å². The van der Waals surface area contributed by atoms with Gasteiger partial charge in [0.1, 0.15) is 0 Å². The summed E-state index contributed by atoms with van der Waals surface area (Å²) in [6.07, 6.45) is 8.07. The van der Waals surface area contributed by atoms with Gasteiger partial charge in [-0.1, -0.05) is 37.5 Å². The van der Waals surface area contributed by atoms with Crippen molar-refractivity contribution < 1.29 is 4.79 Å². The highest BCUT2D eigenvalue weighted by molar-refractivity contribution is 5.79. The molecule has 1 aliphatic heterocycles. The van der Waals surface area contributed by atoms with E-state index in [4.69, 9.17) is 0 Å². The van der Waals surface area contributed by atoms with E-state index in [1.54, 1.807) is 0 Å². The van der Waals surface area contributed by atoms with Crippen LogP contribution in [0, 0.1) is 5.92 Å². The van der Waals surface area contributed by atoms with Gasteiger partial charge in [0.05, 0.1) is 11.7 Å². The van der Waals surface area contributed by atoms with Crippen LogP contribution in [0.4, 0.5) is 5.69 Å². The molecule has 0 spiro atoms. The van der Waals surface area contributed by atoms with E-state index in [9.17, 15) is 4.79 Å². The van der Waals surface area contributed by atoms with E-state index in [1.807, 2.05) is 6.07 Å². The zero-order valence-corrected chi connectivity index (χ0v) is 12.3. The number of rotatable bonds is 3. The summed E-state index contributed by atoms with van der Waals surface area (Å²) in [5.41, 5.74) is 5.62. The minimum Gasteiger partial charge on any atom is -0.282 e. The fraction of sp³-hybridized carbons (Fsp3) is 0.588. The van der Waals surface area contributed by atoms with Crippen LogP contribution in [0.5, 0.6) is 0 Å². The molecule has 0 aromatic heterocycles. The van der Waals surface area contributed by atoms with Gasteiger partial charge in [-0.3, -0.25) is 15.2 Å². The number of anilines is 1. The lowest BCUT2D eigenvalue weighted by atomic mass is 9.87. The number of hydrogen-bond donors (Lipinski definition) is 1. The molecule has 3 heteroatoms. The zero-order chi connectivity index (χ0) is 13.9. The summed E-state index contributed by atoms with van der Waals surface area (Å²) >= 11 is 0. The third-order valence-corrected chi connectivity index (χ3v) is 4.65. The molecule has 108 valence electrons. The Balaban J connectivity index is 1.61. The van der Waals surface area contributed by atoms with Gasteiger partial charge in [0, 0.05) is 6.42 Å². The van der Waals surface area contributed by atoms with Gasteiger partial charge in [-0.25, -0.2) is 0 Å². The number of fused-ring (bicyclic) bond motifs is 1. The molecule has 1 atom stereocenters. The van der Waals surface area contributed by atoms with Crippen LogP contribution in [0.1, 0.15) is 51.0 Å². The summed E-state index contributed by atoms with van der Waals surface area (Å²) in [5.74, 6) is 0.775. The van der Waals surface area contributed by atoms with Crippen molar-refractivity contribution in [2.24, 2.45) is 5.92 Å². The lowest BCUT2D eigenvalue weighted by molar-refractivity contribution is -0.122. The Kier molecular flexibility index (Phi) is 3.95. The van der Waals surface area contributed by atoms with Crippen LogP contribution in [-0.4, -0.2) is 11.9 Å². The minimum absolute atomic E-state index is 0.181. The maximum Gasteiger partial charge on any atom is 0.238 e. The number of para-hydroxylation sites is 1. The molecule has 1 amide bonds. The molecule has 1 saturated carbocycles. The average molecular weight is 272 g/mol. The molecule has 0 unspecified atom stereocenters. The first kappa shape index (κ1) is 13.5. The number of carbonyl (C=O) groups is 1. The smallest absolute Gasteiger partial charge is 0.238 e. The van der Waals surface area contributed by atoms with E-state index < -0.39 is 0 Å². The molecule has 1 heterocycles. The molecule has 1 aromatic carbocycles. The fourth-order valence-corrected chi connectivity index (χ4v) is 3.57. The Bertz CT molecular complexity index is 480. The van der Waals surface area contributed by atoms with Crippen molar-refractivity contribution in [1.29, 1.82) is 0 Å². The van der Waals surface area contributed by atoms with Gasteiger partial charge in [0.15, 0.2) is 0 Å². The molecule has 3 rings (SSSR count). The minimum atomic E-state index is 0.181. The summed E-state index contributed by atoms with van der Waals surface area (Å²) in [5, 5.41) is 2.06. The Morgan fingerprint density at radius 3 is 2.80 bits per heavy atom. The largest absolute Gasteiger partial charge is 0.282 e. The third-order valence-electron chi connectivity index (χ3n) is 4.65. The van der Waals surface area contributed by atoms with E-state index in [1.165, 1.54) is 37.7 Å². The number of hydrazine groups is 1. The van der Waals surface area contributed by atoms with Crippen LogP contribution in [-0.2, 0) is 11.2 Å². The molecule has 1 fully saturated rings. The second-order valence-electron chi connectivity index (χ2n) is 6.29. The first-order chi connectivity index (χ1) is 9.74. The van der Waals surface area contributed by atoms with Crippen LogP contribution < -0.4 is 10.4 Å². The van der Waals surface area contributed by atoms with E-state index in [-0.39, 0.29) is 5.91 Å². The quantitative estimate of drug-likeness (QED) is 0.914. The molecular weight excluding hydrogens is 248 g/mol. The zero-order valence-electron chi connectivity index (χ0n) is 12.3. The average Bonchev–Trinajstić information content (AvgIpc) is 2.76. The van der Waals surface area contributed by atoms with Gasteiger partial charge in [0.2, 0.25) is 5.91 Å². The Hall–Kier alpha value is -1.51. The summed E-state index contributed by atoms with van der Waals surface area (Å²) in [7, 11) is 0. The highest BCUT2D eigenvalue weighted by Gasteiger charge is 2.27. The predicted octanol–water partition coefficient (Wildman–Crippen LogP) is 3.44. The molecule has 0 bridgehead atoms. The lowest BCUT2D eigenvalue weighted by Crippen LogP contribution is -2.46. The monoisotopic (exact) mass is 272 g/mol. The molecular formula is C17H24N2O. The summed E-state index contributed by atoms with van der Waals surface area (Å²) in [4.78, 5) is 12.3. The second-order valence-corrected chi connectivity index (χ2v) is 6.29. The number of benzene rings is 1. The van der Waals surface area contributed by atoms with Crippen molar-refractivity contribution in [1.82, 2.24) is 5.43 Å². The van der Waals surface area contributed by atoms with E-state index in [2.05, 4.69) is 35.6 Å². The van der Waals surface area contributed by atoms with E-state index in [0.29, 0.717) is 18.4 Å². The normalized spacial score (nSPS) is 22.6. The summed E-state index contributed by atoms with van der Waals surface area (Å²) < 4.78 is 0. The van der Waals surface area contributed by atoms with Crippen molar-refractivity contribution >= 4 is 11.6 Å². The Morgan fingerprint density at radius 1 is 1.25 bits per heavy atom. The molecule has 0 radical (unpaired) electrons. The number of hydrogen-bond acceptors (Lipinski definition) is 2. The van der Waals surface area contributed by atoms with Crippen LogP contribution >= 0.6 is 0 Å². The second kappa shape index (κ2) is 5.86. The lowest BCUT2D eigenvalue weighted by Gasteiger charge is -2.27. The molecule has 0 saturated heterocycles. The number of nitrogens with one attached hydrogen (secondary N) is 1. The molecule has 2 aliphatic rings. The van der Waals surface area contributed by atoms with Crippen LogP contribution in [0.15, 0.2) is 24.3 Å².